The van der Waals surface area contributed by atoms with Gasteiger partial charge in [-0.05, 0) is 42.9 Å². The van der Waals surface area contributed by atoms with Crippen LogP contribution in [-0.2, 0) is 7.05 Å². The summed E-state index contributed by atoms with van der Waals surface area (Å²) >= 11 is 0. The lowest BCUT2D eigenvalue weighted by atomic mass is 10.0. The van der Waals surface area contributed by atoms with E-state index in [0.29, 0.717) is 23.6 Å². The molecular weight excluding hydrogens is 404 g/mol. The first kappa shape index (κ1) is 23.3. The third-order valence-electron chi connectivity index (χ3n) is 5.62. The summed E-state index contributed by atoms with van der Waals surface area (Å²) in [6, 6.07) is 15.6. The number of benzene rings is 2. The lowest BCUT2D eigenvalue weighted by Crippen LogP contribution is -2.38. The van der Waals surface area contributed by atoms with Crippen molar-refractivity contribution in [2.75, 3.05) is 33.9 Å². The van der Waals surface area contributed by atoms with E-state index in [9.17, 15) is 4.79 Å². The van der Waals surface area contributed by atoms with E-state index in [2.05, 4.69) is 35.2 Å². The average molecular weight is 437 g/mol. The number of rotatable bonds is 10. The van der Waals surface area contributed by atoms with Gasteiger partial charge >= 0.3 is 0 Å². The minimum Gasteiger partial charge on any atom is -0.497 e. The maximum atomic E-state index is 13.3. The van der Waals surface area contributed by atoms with E-state index in [0.717, 1.165) is 30.0 Å². The summed E-state index contributed by atoms with van der Waals surface area (Å²) in [5.74, 6) is 1.31. The smallest absolute Gasteiger partial charge is 0.255 e. The van der Waals surface area contributed by atoms with Gasteiger partial charge in [-0.15, -0.1) is 0 Å². The second-order valence-electron chi connectivity index (χ2n) is 7.49. The van der Waals surface area contributed by atoms with E-state index in [1.165, 1.54) is 0 Å². The minimum atomic E-state index is -0.168. The van der Waals surface area contributed by atoms with Crippen LogP contribution in [0, 0.1) is 0 Å². The van der Waals surface area contributed by atoms with Crippen molar-refractivity contribution >= 4 is 5.91 Å². The Kier molecular flexibility index (Phi) is 7.89. The normalized spacial score (nSPS) is 11.9. The molecule has 0 saturated carbocycles. The number of nitrogens with one attached hydrogen (secondary N) is 1. The summed E-state index contributed by atoms with van der Waals surface area (Å²) in [7, 11) is 5.09. The second kappa shape index (κ2) is 10.8. The first-order valence-corrected chi connectivity index (χ1v) is 10.9. The lowest BCUT2D eigenvalue weighted by Gasteiger charge is -2.30. The summed E-state index contributed by atoms with van der Waals surface area (Å²) in [6.07, 6.45) is 1.75. The average Bonchev–Trinajstić information content (AvgIpc) is 3.23. The predicted molar refractivity (Wildman–Crippen MR) is 126 cm³/mol. The van der Waals surface area contributed by atoms with Crippen molar-refractivity contribution in [3.05, 3.63) is 65.9 Å². The Labute approximate surface area is 190 Å². The number of carbonyl (C=O) groups is 1. The molecule has 1 unspecified atom stereocenters. The van der Waals surface area contributed by atoms with Gasteiger partial charge in [-0.3, -0.25) is 14.4 Å². The number of methoxy groups -OCH3 is 2. The zero-order valence-corrected chi connectivity index (χ0v) is 19.5. The Morgan fingerprint density at radius 3 is 2.53 bits per heavy atom. The van der Waals surface area contributed by atoms with Crippen LogP contribution in [0.3, 0.4) is 0 Å². The maximum Gasteiger partial charge on any atom is 0.255 e. The van der Waals surface area contributed by atoms with Crippen LogP contribution in [0.2, 0.25) is 0 Å². The summed E-state index contributed by atoms with van der Waals surface area (Å²) in [5.41, 5.74) is 3.00. The molecule has 0 fully saturated rings. The Hall–Kier alpha value is -3.32. The van der Waals surface area contributed by atoms with Gasteiger partial charge < -0.3 is 14.8 Å². The van der Waals surface area contributed by atoms with Gasteiger partial charge in [0.05, 0.1) is 25.8 Å². The molecule has 0 spiro atoms. The van der Waals surface area contributed by atoms with Gasteiger partial charge in [0.25, 0.3) is 5.91 Å². The quantitative estimate of drug-likeness (QED) is 0.522. The zero-order valence-electron chi connectivity index (χ0n) is 19.5. The fourth-order valence-corrected chi connectivity index (χ4v) is 3.95. The van der Waals surface area contributed by atoms with Crippen molar-refractivity contribution in [2.24, 2.45) is 7.05 Å². The third kappa shape index (κ3) is 5.11. The number of para-hydroxylation sites is 1. The van der Waals surface area contributed by atoms with Gasteiger partial charge in [-0.2, -0.15) is 5.10 Å². The van der Waals surface area contributed by atoms with Crippen LogP contribution in [-0.4, -0.2) is 54.4 Å². The van der Waals surface area contributed by atoms with Gasteiger partial charge in [0.1, 0.15) is 17.2 Å². The Morgan fingerprint density at radius 1 is 1.09 bits per heavy atom. The molecule has 1 amide bonds. The number of carbonyl (C=O) groups excluding carboxylic acids is 1. The van der Waals surface area contributed by atoms with E-state index in [1.54, 1.807) is 25.1 Å². The maximum absolute atomic E-state index is 13.3. The molecule has 1 aromatic heterocycles. The van der Waals surface area contributed by atoms with E-state index in [4.69, 9.17) is 9.47 Å². The van der Waals surface area contributed by atoms with Crippen molar-refractivity contribution in [1.29, 1.82) is 0 Å². The Morgan fingerprint density at radius 2 is 1.84 bits per heavy atom. The van der Waals surface area contributed by atoms with Crippen molar-refractivity contribution in [3.63, 3.8) is 0 Å². The summed E-state index contributed by atoms with van der Waals surface area (Å²) < 4.78 is 12.5. The molecule has 0 aliphatic carbocycles. The topological polar surface area (TPSA) is 68.6 Å². The number of likely N-dealkylation sites (N-methyl/N-ethyl adjacent to an activating group) is 1. The highest BCUT2D eigenvalue weighted by Gasteiger charge is 2.23. The standard InChI is InChI=1S/C25H32N4O3/c1-6-29(7-2)22(18-11-10-12-19(15-18)31-4)16-26-25(30)21-17-28(3)27-24(21)20-13-8-9-14-23(20)32-5/h8-15,17,22H,6-7,16H2,1-5H3,(H,26,30). The molecule has 0 saturated heterocycles. The second-order valence-corrected chi connectivity index (χ2v) is 7.49. The highest BCUT2D eigenvalue weighted by molar-refractivity contribution is 6.00. The zero-order chi connectivity index (χ0) is 23.1. The first-order chi connectivity index (χ1) is 15.5. The van der Waals surface area contributed by atoms with Gasteiger partial charge in [0.15, 0.2) is 0 Å². The summed E-state index contributed by atoms with van der Waals surface area (Å²) in [4.78, 5) is 15.6. The summed E-state index contributed by atoms with van der Waals surface area (Å²) in [6.45, 7) is 6.45. The van der Waals surface area contributed by atoms with Crippen LogP contribution in [0.25, 0.3) is 11.3 Å². The highest BCUT2D eigenvalue weighted by atomic mass is 16.5. The van der Waals surface area contributed by atoms with Crippen LogP contribution in [0.5, 0.6) is 11.5 Å². The van der Waals surface area contributed by atoms with Crippen LogP contribution in [0.4, 0.5) is 0 Å². The first-order valence-electron chi connectivity index (χ1n) is 10.9. The number of amides is 1. The van der Waals surface area contributed by atoms with E-state index in [1.807, 2.05) is 49.5 Å². The Bertz CT molecular complexity index is 1040. The number of hydrogen-bond donors (Lipinski definition) is 1. The fraction of sp³-hybridized carbons (Fsp3) is 0.360. The van der Waals surface area contributed by atoms with Crippen LogP contribution in [0.15, 0.2) is 54.7 Å². The van der Waals surface area contributed by atoms with Gasteiger partial charge in [-0.1, -0.05) is 38.1 Å². The third-order valence-corrected chi connectivity index (χ3v) is 5.62. The molecule has 32 heavy (non-hydrogen) atoms. The van der Waals surface area contributed by atoms with Crippen molar-refractivity contribution in [3.8, 4) is 22.8 Å². The number of aromatic nitrogens is 2. The van der Waals surface area contributed by atoms with E-state index < -0.39 is 0 Å². The van der Waals surface area contributed by atoms with E-state index in [-0.39, 0.29) is 11.9 Å². The molecule has 3 aromatic rings. The van der Waals surface area contributed by atoms with Crippen molar-refractivity contribution < 1.29 is 14.3 Å². The molecule has 2 aromatic carbocycles. The van der Waals surface area contributed by atoms with Gasteiger partial charge in [-0.25, -0.2) is 0 Å². The number of nitrogens with zero attached hydrogens (tertiary/aromatic N) is 3. The molecule has 7 nitrogen and oxygen atoms in total. The fourth-order valence-electron chi connectivity index (χ4n) is 3.95. The molecule has 7 heteroatoms. The molecule has 1 atom stereocenters. The van der Waals surface area contributed by atoms with Crippen LogP contribution < -0.4 is 14.8 Å². The monoisotopic (exact) mass is 436 g/mol. The van der Waals surface area contributed by atoms with Crippen LogP contribution >= 0.6 is 0 Å². The molecule has 0 radical (unpaired) electrons. The SMILES string of the molecule is CCN(CC)C(CNC(=O)c1cn(C)nc1-c1ccccc1OC)c1cccc(OC)c1. The van der Waals surface area contributed by atoms with Crippen molar-refractivity contribution in [2.45, 2.75) is 19.9 Å². The molecule has 0 aliphatic rings. The highest BCUT2D eigenvalue weighted by Crippen LogP contribution is 2.31. The minimum absolute atomic E-state index is 0.0235. The molecule has 1 N–H and O–H groups in total. The lowest BCUT2D eigenvalue weighted by molar-refractivity contribution is 0.0935. The van der Waals surface area contributed by atoms with Gasteiger partial charge in [0, 0.05) is 25.4 Å². The van der Waals surface area contributed by atoms with Gasteiger partial charge in [0.2, 0.25) is 0 Å². The Balaban J connectivity index is 1.87. The molecule has 0 aliphatic heterocycles. The molecule has 1 heterocycles. The largest absolute Gasteiger partial charge is 0.497 e. The predicted octanol–water partition coefficient (Wildman–Crippen LogP) is 3.92. The van der Waals surface area contributed by atoms with Crippen molar-refractivity contribution in [1.82, 2.24) is 20.0 Å². The molecule has 3 rings (SSSR count). The molecule has 170 valence electrons. The summed E-state index contributed by atoms with van der Waals surface area (Å²) in [5, 5.41) is 7.66. The number of aryl methyl sites for hydroxylation is 1. The number of ether oxygens (including phenoxy) is 2. The van der Waals surface area contributed by atoms with Crippen LogP contribution in [0.1, 0.15) is 35.8 Å². The van der Waals surface area contributed by atoms with E-state index >= 15 is 0 Å². The number of hydrogen-bond acceptors (Lipinski definition) is 5. The molecular formula is C25H32N4O3. The molecule has 0 bridgehead atoms.